The van der Waals surface area contributed by atoms with Gasteiger partial charge in [-0.25, -0.2) is 0 Å². The van der Waals surface area contributed by atoms with Crippen LogP contribution in [0.2, 0.25) is 0 Å². The molecule has 6 heteroatoms. The van der Waals surface area contributed by atoms with Gasteiger partial charge < -0.3 is 19.5 Å². The molecule has 1 aliphatic rings. The van der Waals surface area contributed by atoms with Gasteiger partial charge in [0.25, 0.3) is 0 Å². The maximum atomic E-state index is 5.69. The lowest BCUT2D eigenvalue weighted by Gasteiger charge is -2.36. The van der Waals surface area contributed by atoms with E-state index >= 15 is 0 Å². The minimum absolute atomic E-state index is 0.00889. The Bertz CT molecular complexity index is 748. The van der Waals surface area contributed by atoms with E-state index in [-0.39, 0.29) is 6.04 Å². The Morgan fingerprint density at radius 1 is 0.885 bits per heavy atom. The molecule has 0 radical (unpaired) electrons. The van der Waals surface area contributed by atoms with Crippen molar-refractivity contribution in [3.63, 3.8) is 0 Å². The monoisotopic (exact) mass is 420 g/mol. The molecule has 140 valence electrons. The third-order valence-corrected chi connectivity index (χ3v) is 5.23. The summed E-state index contributed by atoms with van der Waals surface area (Å²) in [6.07, 6.45) is 0. The average Bonchev–Trinajstić information content (AvgIpc) is 2.69. The third kappa shape index (κ3) is 3.98. The van der Waals surface area contributed by atoms with Gasteiger partial charge in [0.2, 0.25) is 0 Å². The van der Waals surface area contributed by atoms with Crippen molar-refractivity contribution in [2.24, 2.45) is 0 Å². The fourth-order valence-electron chi connectivity index (χ4n) is 3.47. The minimum atomic E-state index is 0.00889. The Balaban J connectivity index is 2.17. The van der Waals surface area contributed by atoms with Crippen molar-refractivity contribution < 1.29 is 14.2 Å². The van der Waals surface area contributed by atoms with Crippen LogP contribution in [0, 0.1) is 0 Å². The number of halogens is 1. The second kappa shape index (κ2) is 8.75. The number of rotatable bonds is 6. The molecule has 0 bridgehead atoms. The quantitative estimate of drug-likeness (QED) is 0.774. The fourth-order valence-corrected chi connectivity index (χ4v) is 3.85. The van der Waals surface area contributed by atoms with Crippen molar-refractivity contribution in [1.82, 2.24) is 10.2 Å². The molecule has 1 saturated heterocycles. The zero-order valence-electron chi connectivity index (χ0n) is 15.4. The first-order chi connectivity index (χ1) is 12.7. The lowest BCUT2D eigenvalue weighted by atomic mass is 9.94. The van der Waals surface area contributed by atoms with E-state index in [0.29, 0.717) is 0 Å². The van der Waals surface area contributed by atoms with Crippen molar-refractivity contribution in [2.45, 2.75) is 6.04 Å². The summed E-state index contributed by atoms with van der Waals surface area (Å²) in [4.78, 5) is 2.46. The van der Waals surface area contributed by atoms with E-state index in [9.17, 15) is 0 Å². The van der Waals surface area contributed by atoms with Gasteiger partial charge in [0.1, 0.15) is 17.2 Å². The highest BCUT2D eigenvalue weighted by atomic mass is 79.9. The molecule has 0 saturated carbocycles. The van der Waals surface area contributed by atoms with Gasteiger partial charge in [-0.05, 0) is 36.4 Å². The largest absolute Gasteiger partial charge is 0.497 e. The molecule has 2 aromatic carbocycles. The smallest absolute Gasteiger partial charge is 0.124 e. The molecule has 3 rings (SSSR count). The number of nitrogens with one attached hydrogen (secondary N) is 1. The molecule has 0 aliphatic carbocycles. The molecule has 0 amide bonds. The first-order valence-corrected chi connectivity index (χ1v) is 9.47. The van der Waals surface area contributed by atoms with E-state index in [4.69, 9.17) is 14.2 Å². The maximum Gasteiger partial charge on any atom is 0.124 e. The molecule has 1 N–H and O–H groups in total. The van der Waals surface area contributed by atoms with Crippen molar-refractivity contribution in [2.75, 3.05) is 47.5 Å². The molecule has 2 aromatic rings. The molecule has 1 unspecified atom stereocenters. The standard InChI is InChI=1S/C20H25BrN2O3/c1-24-15-5-7-19(26-3)17(13-15)20(23-10-8-22-9-11-23)16-12-14(21)4-6-18(16)25-2/h4-7,12-13,20,22H,8-11H2,1-3H3. The maximum absolute atomic E-state index is 5.69. The highest BCUT2D eigenvalue weighted by Crippen LogP contribution is 2.41. The summed E-state index contributed by atoms with van der Waals surface area (Å²) in [5.74, 6) is 2.52. The topological polar surface area (TPSA) is 43.0 Å². The summed E-state index contributed by atoms with van der Waals surface area (Å²) < 4.78 is 17.9. The Morgan fingerprint density at radius 2 is 1.50 bits per heavy atom. The highest BCUT2D eigenvalue weighted by molar-refractivity contribution is 9.10. The van der Waals surface area contributed by atoms with Gasteiger partial charge in [-0.2, -0.15) is 0 Å². The van der Waals surface area contributed by atoms with Crippen molar-refractivity contribution >= 4 is 15.9 Å². The van der Waals surface area contributed by atoms with Crippen LogP contribution in [0.25, 0.3) is 0 Å². The van der Waals surface area contributed by atoms with Gasteiger partial charge >= 0.3 is 0 Å². The van der Waals surface area contributed by atoms with Crippen LogP contribution >= 0.6 is 15.9 Å². The number of hydrogen-bond acceptors (Lipinski definition) is 5. The predicted octanol–water partition coefficient (Wildman–Crippen LogP) is 3.47. The summed E-state index contributed by atoms with van der Waals surface area (Å²) in [6, 6.07) is 12.1. The number of methoxy groups -OCH3 is 3. The van der Waals surface area contributed by atoms with Crippen molar-refractivity contribution in [1.29, 1.82) is 0 Å². The third-order valence-electron chi connectivity index (χ3n) is 4.73. The molecule has 0 aromatic heterocycles. The molecule has 26 heavy (non-hydrogen) atoms. The number of benzene rings is 2. The first kappa shape index (κ1) is 19.0. The summed E-state index contributed by atoms with van der Waals surface area (Å²) in [5.41, 5.74) is 2.18. The Labute approximate surface area is 163 Å². The number of ether oxygens (including phenoxy) is 3. The van der Waals surface area contributed by atoms with Gasteiger partial charge in [0.05, 0.1) is 27.4 Å². The van der Waals surface area contributed by atoms with Gasteiger partial charge in [0.15, 0.2) is 0 Å². The first-order valence-electron chi connectivity index (χ1n) is 8.68. The minimum Gasteiger partial charge on any atom is -0.497 e. The molecule has 1 fully saturated rings. The van der Waals surface area contributed by atoms with Gasteiger partial charge in [-0.1, -0.05) is 15.9 Å². The second-order valence-corrected chi connectivity index (χ2v) is 7.10. The van der Waals surface area contributed by atoms with E-state index in [1.54, 1.807) is 21.3 Å². The summed E-state index contributed by atoms with van der Waals surface area (Å²) >= 11 is 3.61. The van der Waals surface area contributed by atoms with Crippen LogP contribution in [0.3, 0.4) is 0 Å². The van der Waals surface area contributed by atoms with E-state index in [0.717, 1.165) is 59.0 Å². The van der Waals surface area contributed by atoms with Gasteiger partial charge in [-0.3, -0.25) is 4.90 Å². The van der Waals surface area contributed by atoms with E-state index in [2.05, 4.69) is 38.3 Å². The Hall–Kier alpha value is -1.76. The van der Waals surface area contributed by atoms with Crippen LogP contribution in [-0.2, 0) is 0 Å². The molecule has 0 spiro atoms. The Morgan fingerprint density at radius 3 is 2.12 bits per heavy atom. The van der Waals surface area contributed by atoms with Crippen LogP contribution in [0.4, 0.5) is 0 Å². The fraction of sp³-hybridized carbons (Fsp3) is 0.400. The number of nitrogens with zero attached hydrogens (tertiary/aromatic N) is 1. The summed E-state index contributed by atoms with van der Waals surface area (Å²) in [6.45, 7) is 3.81. The average molecular weight is 421 g/mol. The SMILES string of the molecule is COc1ccc(OC)c(C(c2cc(Br)ccc2OC)N2CCNCC2)c1. The molecule has 5 nitrogen and oxygen atoms in total. The van der Waals surface area contributed by atoms with E-state index in [1.165, 1.54) is 0 Å². The van der Waals surface area contributed by atoms with Crippen LogP contribution in [0.15, 0.2) is 40.9 Å². The van der Waals surface area contributed by atoms with Gasteiger partial charge in [-0.15, -0.1) is 0 Å². The van der Waals surface area contributed by atoms with Crippen LogP contribution in [0.5, 0.6) is 17.2 Å². The van der Waals surface area contributed by atoms with Gasteiger partial charge in [0, 0.05) is 41.8 Å². The number of piperazine rings is 1. The second-order valence-electron chi connectivity index (χ2n) is 6.18. The van der Waals surface area contributed by atoms with E-state index in [1.807, 2.05) is 24.3 Å². The van der Waals surface area contributed by atoms with Crippen LogP contribution in [0.1, 0.15) is 17.2 Å². The zero-order chi connectivity index (χ0) is 18.5. The zero-order valence-corrected chi connectivity index (χ0v) is 17.0. The van der Waals surface area contributed by atoms with Crippen molar-refractivity contribution in [3.8, 4) is 17.2 Å². The lowest BCUT2D eigenvalue weighted by molar-refractivity contribution is 0.192. The lowest BCUT2D eigenvalue weighted by Crippen LogP contribution is -2.45. The van der Waals surface area contributed by atoms with Crippen LogP contribution in [-0.4, -0.2) is 52.4 Å². The molecular formula is C20H25BrN2O3. The molecule has 1 heterocycles. The van der Waals surface area contributed by atoms with Crippen LogP contribution < -0.4 is 19.5 Å². The summed E-state index contributed by atoms with van der Waals surface area (Å²) in [7, 11) is 5.10. The summed E-state index contributed by atoms with van der Waals surface area (Å²) in [5, 5.41) is 3.43. The normalized spacial score (nSPS) is 16.2. The van der Waals surface area contributed by atoms with Crippen molar-refractivity contribution in [3.05, 3.63) is 52.0 Å². The molecular weight excluding hydrogens is 396 g/mol. The molecule has 1 atom stereocenters. The molecule has 1 aliphatic heterocycles. The predicted molar refractivity (Wildman–Crippen MR) is 107 cm³/mol. The van der Waals surface area contributed by atoms with E-state index < -0.39 is 0 Å². The Kier molecular flexibility index (Phi) is 6.40. The number of hydrogen-bond donors (Lipinski definition) is 1. The highest BCUT2D eigenvalue weighted by Gasteiger charge is 2.29.